The number of ether oxygens (including phenoxy) is 2. The van der Waals surface area contributed by atoms with Gasteiger partial charge in [-0.05, 0) is 27.7 Å². The van der Waals surface area contributed by atoms with E-state index in [0.29, 0.717) is 0 Å². The fraction of sp³-hybridized carbons (Fsp3) is 0.875. The number of aldehydes is 1. The van der Waals surface area contributed by atoms with Crippen molar-refractivity contribution < 1.29 is 14.3 Å². The molecule has 1 fully saturated rings. The molecule has 0 aromatic carbocycles. The van der Waals surface area contributed by atoms with Crippen molar-refractivity contribution in [2.75, 3.05) is 0 Å². The Morgan fingerprint density at radius 1 is 1.27 bits per heavy atom. The molecule has 0 bridgehead atoms. The summed E-state index contributed by atoms with van der Waals surface area (Å²) in [5.41, 5.74) is -0.495. The Hall–Kier alpha value is -0.410. The molecule has 1 aliphatic heterocycles. The van der Waals surface area contributed by atoms with E-state index in [9.17, 15) is 4.79 Å². The molecule has 0 N–H and O–H groups in total. The lowest BCUT2D eigenvalue weighted by Gasteiger charge is -2.21. The van der Waals surface area contributed by atoms with Crippen molar-refractivity contribution in [1.29, 1.82) is 0 Å². The van der Waals surface area contributed by atoms with Gasteiger partial charge in [0.1, 0.15) is 6.10 Å². The van der Waals surface area contributed by atoms with Crippen LogP contribution in [0.2, 0.25) is 0 Å². The highest BCUT2D eigenvalue weighted by atomic mass is 16.8. The monoisotopic (exact) mass is 158 g/mol. The van der Waals surface area contributed by atoms with Gasteiger partial charge in [0.2, 0.25) is 0 Å². The van der Waals surface area contributed by atoms with Crippen LogP contribution in [0.5, 0.6) is 0 Å². The van der Waals surface area contributed by atoms with E-state index in [0.717, 1.165) is 6.29 Å². The van der Waals surface area contributed by atoms with Crippen molar-refractivity contribution in [3.63, 3.8) is 0 Å². The third-order valence-corrected chi connectivity index (χ3v) is 1.73. The van der Waals surface area contributed by atoms with Gasteiger partial charge in [0, 0.05) is 0 Å². The molecule has 0 aromatic heterocycles. The molecule has 0 amide bonds. The Bertz CT molecular complexity index is 172. The van der Waals surface area contributed by atoms with Crippen LogP contribution in [0.15, 0.2) is 0 Å². The first-order chi connectivity index (χ1) is 4.87. The molecule has 3 nitrogen and oxygen atoms in total. The van der Waals surface area contributed by atoms with Crippen LogP contribution in [0.4, 0.5) is 0 Å². The highest BCUT2D eigenvalue weighted by Crippen LogP contribution is 2.34. The van der Waals surface area contributed by atoms with Crippen LogP contribution < -0.4 is 0 Å². The van der Waals surface area contributed by atoms with Gasteiger partial charge < -0.3 is 14.3 Å². The van der Waals surface area contributed by atoms with Crippen LogP contribution in [-0.2, 0) is 14.3 Å². The maximum atomic E-state index is 10.5. The van der Waals surface area contributed by atoms with E-state index in [1.165, 1.54) is 0 Å². The molecule has 1 saturated heterocycles. The van der Waals surface area contributed by atoms with E-state index >= 15 is 0 Å². The Balaban J connectivity index is 2.79. The standard InChI is InChI=1S/C8H14O3/c1-7(2)6(5-9)10-8(3,4)11-7/h5-6H,1-4H3/t6-/m1/s1. The summed E-state index contributed by atoms with van der Waals surface area (Å²) >= 11 is 0. The topological polar surface area (TPSA) is 35.5 Å². The maximum Gasteiger partial charge on any atom is 0.164 e. The van der Waals surface area contributed by atoms with Crippen molar-refractivity contribution in [1.82, 2.24) is 0 Å². The molecule has 1 heterocycles. The second-order valence-corrected chi connectivity index (χ2v) is 3.78. The van der Waals surface area contributed by atoms with Crippen LogP contribution in [0.25, 0.3) is 0 Å². The quantitative estimate of drug-likeness (QED) is 0.536. The smallest absolute Gasteiger partial charge is 0.164 e. The van der Waals surface area contributed by atoms with E-state index in [4.69, 9.17) is 9.47 Å². The molecule has 0 unspecified atom stereocenters. The minimum atomic E-state index is -0.630. The number of hydrogen-bond acceptors (Lipinski definition) is 3. The molecule has 3 heteroatoms. The van der Waals surface area contributed by atoms with Gasteiger partial charge in [0.15, 0.2) is 12.1 Å². The van der Waals surface area contributed by atoms with E-state index in [2.05, 4.69) is 0 Å². The minimum absolute atomic E-state index is 0.447. The van der Waals surface area contributed by atoms with Crippen molar-refractivity contribution in [2.24, 2.45) is 0 Å². The van der Waals surface area contributed by atoms with Gasteiger partial charge in [-0.25, -0.2) is 0 Å². The summed E-state index contributed by atoms with van der Waals surface area (Å²) in [4.78, 5) is 10.5. The van der Waals surface area contributed by atoms with Gasteiger partial charge in [-0.15, -0.1) is 0 Å². The Labute approximate surface area is 66.7 Å². The van der Waals surface area contributed by atoms with Crippen molar-refractivity contribution in [3.8, 4) is 0 Å². The summed E-state index contributed by atoms with van der Waals surface area (Å²) in [6, 6.07) is 0. The largest absolute Gasteiger partial charge is 0.341 e. The van der Waals surface area contributed by atoms with E-state index < -0.39 is 17.5 Å². The number of rotatable bonds is 1. The summed E-state index contributed by atoms with van der Waals surface area (Å²) < 4.78 is 10.8. The van der Waals surface area contributed by atoms with Gasteiger partial charge in [-0.3, -0.25) is 0 Å². The summed E-state index contributed by atoms with van der Waals surface area (Å²) in [5, 5.41) is 0. The first-order valence-electron chi connectivity index (χ1n) is 3.71. The highest BCUT2D eigenvalue weighted by molar-refractivity contribution is 5.58. The number of carbonyl (C=O) groups excluding carboxylic acids is 1. The fourth-order valence-electron chi connectivity index (χ4n) is 1.35. The average Bonchev–Trinajstić information content (AvgIpc) is 1.99. The molecule has 0 saturated carbocycles. The Morgan fingerprint density at radius 3 is 2.00 bits per heavy atom. The molecule has 0 aromatic rings. The zero-order chi connectivity index (χ0) is 8.70. The van der Waals surface area contributed by atoms with E-state index in [1.54, 1.807) is 13.8 Å². The van der Waals surface area contributed by atoms with Gasteiger partial charge in [0.05, 0.1) is 5.60 Å². The average molecular weight is 158 g/mol. The maximum absolute atomic E-state index is 10.5. The molecular weight excluding hydrogens is 144 g/mol. The van der Waals surface area contributed by atoms with Crippen molar-refractivity contribution in [2.45, 2.75) is 45.2 Å². The van der Waals surface area contributed by atoms with Crippen LogP contribution in [0, 0.1) is 0 Å². The summed E-state index contributed by atoms with van der Waals surface area (Å²) in [7, 11) is 0. The highest BCUT2D eigenvalue weighted by Gasteiger charge is 2.46. The zero-order valence-corrected chi connectivity index (χ0v) is 7.38. The van der Waals surface area contributed by atoms with Gasteiger partial charge in [0.25, 0.3) is 0 Å². The summed E-state index contributed by atoms with van der Waals surface area (Å²) in [6.07, 6.45) is 0.340. The number of hydrogen-bond donors (Lipinski definition) is 0. The van der Waals surface area contributed by atoms with Crippen LogP contribution in [0.3, 0.4) is 0 Å². The fourth-order valence-corrected chi connectivity index (χ4v) is 1.35. The van der Waals surface area contributed by atoms with Gasteiger partial charge in [-0.2, -0.15) is 0 Å². The van der Waals surface area contributed by atoms with Crippen molar-refractivity contribution >= 4 is 6.29 Å². The second kappa shape index (κ2) is 2.29. The Kier molecular flexibility index (Phi) is 1.81. The molecular formula is C8H14O3. The predicted octanol–water partition coefficient (Wildman–Crippen LogP) is 1.12. The third kappa shape index (κ3) is 1.60. The predicted molar refractivity (Wildman–Crippen MR) is 40.2 cm³/mol. The van der Waals surface area contributed by atoms with Gasteiger partial charge in [-0.1, -0.05) is 0 Å². The molecule has 0 radical (unpaired) electrons. The lowest BCUT2D eigenvalue weighted by atomic mass is 10.0. The molecule has 0 aliphatic carbocycles. The SMILES string of the molecule is CC1(C)O[C@H](C=O)C(C)(C)O1. The molecule has 0 spiro atoms. The molecule has 1 atom stereocenters. The lowest BCUT2D eigenvalue weighted by Crippen LogP contribution is -2.34. The zero-order valence-electron chi connectivity index (χ0n) is 7.38. The van der Waals surface area contributed by atoms with E-state index in [1.807, 2.05) is 13.8 Å². The summed E-state index contributed by atoms with van der Waals surface area (Å²) in [6.45, 7) is 7.30. The molecule has 64 valence electrons. The lowest BCUT2D eigenvalue weighted by molar-refractivity contribution is -0.158. The number of carbonyl (C=O) groups is 1. The normalized spacial score (nSPS) is 33.6. The first kappa shape index (κ1) is 8.68. The second-order valence-electron chi connectivity index (χ2n) is 3.78. The minimum Gasteiger partial charge on any atom is -0.341 e. The van der Waals surface area contributed by atoms with Gasteiger partial charge >= 0.3 is 0 Å². The van der Waals surface area contributed by atoms with Crippen molar-refractivity contribution in [3.05, 3.63) is 0 Å². The van der Waals surface area contributed by atoms with Crippen LogP contribution in [-0.4, -0.2) is 23.8 Å². The molecule has 11 heavy (non-hydrogen) atoms. The Morgan fingerprint density at radius 2 is 1.82 bits per heavy atom. The van der Waals surface area contributed by atoms with E-state index in [-0.39, 0.29) is 0 Å². The molecule has 1 rings (SSSR count). The first-order valence-corrected chi connectivity index (χ1v) is 3.71. The molecule has 1 aliphatic rings. The summed E-state index contributed by atoms with van der Waals surface area (Å²) in [5.74, 6) is -0.630. The third-order valence-electron chi connectivity index (χ3n) is 1.73. The van der Waals surface area contributed by atoms with Crippen LogP contribution in [0.1, 0.15) is 27.7 Å². The van der Waals surface area contributed by atoms with Crippen LogP contribution >= 0.6 is 0 Å².